The summed E-state index contributed by atoms with van der Waals surface area (Å²) in [6.45, 7) is 4.38. The Kier molecular flexibility index (Phi) is 11.1. The summed E-state index contributed by atoms with van der Waals surface area (Å²) in [5.41, 5.74) is 3.08. The van der Waals surface area contributed by atoms with Crippen molar-refractivity contribution in [2.24, 2.45) is 0 Å². The molecule has 1 amide bonds. The molecule has 0 saturated carbocycles. The van der Waals surface area contributed by atoms with Crippen LogP contribution < -0.4 is 15.0 Å². The largest absolute Gasteiger partial charge is 0.494 e. The van der Waals surface area contributed by atoms with Crippen LogP contribution in [0.3, 0.4) is 0 Å². The average Bonchev–Trinajstić information content (AvgIpc) is 3.05. The number of methoxy groups -OCH3 is 1. The van der Waals surface area contributed by atoms with Gasteiger partial charge in [0.15, 0.2) is 5.78 Å². The lowest BCUT2D eigenvalue weighted by molar-refractivity contribution is -0.141. The van der Waals surface area contributed by atoms with Crippen LogP contribution in [0.5, 0.6) is 5.75 Å². The van der Waals surface area contributed by atoms with E-state index in [1.54, 1.807) is 47.4 Å². The number of hydrogen-bond donors (Lipinski definition) is 1. The first-order valence-electron chi connectivity index (χ1n) is 13.8. The first kappa shape index (κ1) is 31.1. The summed E-state index contributed by atoms with van der Waals surface area (Å²) in [7, 11) is 1.34. The summed E-state index contributed by atoms with van der Waals surface area (Å²) in [4.78, 5) is 39.9. The lowest BCUT2D eigenvalue weighted by Gasteiger charge is -2.22. The number of ether oxygens (including phenoxy) is 2. The van der Waals surface area contributed by atoms with Crippen LogP contribution in [0.1, 0.15) is 27.9 Å². The van der Waals surface area contributed by atoms with E-state index in [0.29, 0.717) is 59.3 Å². The van der Waals surface area contributed by atoms with Crippen molar-refractivity contribution in [1.82, 2.24) is 0 Å². The zero-order chi connectivity index (χ0) is 30.6. The Labute approximate surface area is 256 Å². The molecule has 0 aliphatic heterocycles. The van der Waals surface area contributed by atoms with Gasteiger partial charge >= 0.3 is 5.97 Å². The van der Waals surface area contributed by atoms with Gasteiger partial charge in [0.05, 0.1) is 24.4 Å². The van der Waals surface area contributed by atoms with Crippen LogP contribution in [0.25, 0.3) is 0 Å². The number of carbonyl (C=O) groups excluding carboxylic acids is 3. The molecule has 4 rings (SSSR count). The molecule has 8 heteroatoms. The number of anilines is 2. The van der Waals surface area contributed by atoms with Gasteiger partial charge in [-0.1, -0.05) is 84.9 Å². The Balaban J connectivity index is 1.37. The number of nitrogens with zero attached hydrogens (tertiary/aromatic N) is 1. The van der Waals surface area contributed by atoms with E-state index in [4.69, 9.17) is 21.1 Å². The number of carbonyl (C=O) groups is 3. The number of benzene rings is 4. The van der Waals surface area contributed by atoms with Crippen molar-refractivity contribution >= 4 is 40.6 Å². The molecule has 0 aliphatic carbocycles. The first-order valence-corrected chi connectivity index (χ1v) is 14.2. The van der Waals surface area contributed by atoms with Gasteiger partial charge < -0.3 is 19.7 Å². The second-order valence-corrected chi connectivity index (χ2v) is 10.1. The topological polar surface area (TPSA) is 84.9 Å². The zero-order valence-corrected chi connectivity index (χ0v) is 24.6. The Morgan fingerprint density at radius 3 is 2.28 bits per heavy atom. The number of halogens is 1. The molecule has 0 fully saturated rings. The van der Waals surface area contributed by atoms with E-state index in [0.717, 1.165) is 5.56 Å². The molecule has 0 heterocycles. The molecule has 1 atom stereocenters. The highest BCUT2D eigenvalue weighted by Crippen LogP contribution is 2.26. The molecule has 0 radical (unpaired) electrons. The van der Waals surface area contributed by atoms with Crippen LogP contribution in [0.2, 0.25) is 5.02 Å². The Bertz CT molecular complexity index is 1560. The van der Waals surface area contributed by atoms with Gasteiger partial charge in [0.1, 0.15) is 11.8 Å². The van der Waals surface area contributed by atoms with Crippen molar-refractivity contribution in [2.75, 3.05) is 30.5 Å². The van der Waals surface area contributed by atoms with E-state index in [1.165, 1.54) is 13.2 Å². The van der Waals surface area contributed by atoms with Gasteiger partial charge in [-0.15, -0.1) is 0 Å². The number of amides is 1. The van der Waals surface area contributed by atoms with Crippen molar-refractivity contribution in [3.8, 4) is 5.75 Å². The number of para-hydroxylation sites is 2. The van der Waals surface area contributed by atoms with E-state index < -0.39 is 12.0 Å². The van der Waals surface area contributed by atoms with Crippen molar-refractivity contribution in [3.05, 3.63) is 137 Å². The van der Waals surface area contributed by atoms with Gasteiger partial charge in [0, 0.05) is 29.8 Å². The molecule has 43 heavy (non-hydrogen) atoms. The maximum Gasteiger partial charge on any atom is 0.328 e. The SMILES string of the molecule is C=CC(=O)N(CCCOc1ccc(C[C@H](Nc2ccccc2C(=O)c2ccccc2)C(=O)OC)cc1)c1ccccc1Cl. The van der Waals surface area contributed by atoms with E-state index in [9.17, 15) is 14.4 Å². The van der Waals surface area contributed by atoms with Gasteiger partial charge in [0.2, 0.25) is 5.91 Å². The maximum atomic E-state index is 13.2. The third-order valence-electron chi connectivity index (χ3n) is 6.76. The average molecular weight is 597 g/mol. The van der Waals surface area contributed by atoms with Crippen LogP contribution in [0, 0.1) is 0 Å². The van der Waals surface area contributed by atoms with Gasteiger partial charge in [-0.25, -0.2) is 4.79 Å². The molecule has 0 aromatic heterocycles. The molecular weight excluding hydrogens is 564 g/mol. The fraction of sp³-hybridized carbons (Fsp3) is 0.171. The minimum atomic E-state index is -0.723. The lowest BCUT2D eigenvalue weighted by atomic mass is 10.00. The number of ketones is 1. The zero-order valence-electron chi connectivity index (χ0n) is 23.9. The number of hydrogen-bond acceptors (Lipinski definition) is 6. The molecule has 0 unspecified atom stereocenters. The molecule has 7 nitrogen and oxygen atoms in total. The molecule has 0 bridgehead atoms. The smallest absolute Gasteiger partial charge is 0.328 e. The Morgan fingerprint density at radius 1 is 0.907 bits per heavy atom. The van der Waals surface area contributed by atoms with E-state index in [1.807, 2.05) is 60.7 Å². The van der Waals surface area contributed by atoms with Gasteiger partial charge in [-0.2, -0.15) is 0 Å². The normalized spacial score (nSPS) is 11.2. The fourth-order valence-electron chi connectivity index (χ4n) is 4.58. The number of nitrogens with one attached hydrogen (secondary N) is 1. The Morgan fingerprint density at radius 2 is 1.58 bits per heavy atom. The van der Waals surface area contributed by atoms with Crippen LogP contribution >= 0.6 is 11.6 Å². The van der Waals surface area contributed by atoms with Crippen molar-refractivity contribution < 1.29 is 23.9 Å². The molecule has 0 spiro atoms. The van der Waals surface area contributed by atoms with Crippen LogP contribution in [0.4, 0.5) is 11.4 Å². The van der Waals surface area contributed by atoms with E-state index >= 15 is 0 Å². The third-order valence-corrected chi connectivity index (χ3v) is 7.08. The summed E-state index contributed by atoms with van der Waals surface area (Å²) in [6.07, 6.45) is 2.17. The summed E-state index contributed by atoms with van der Waals surface area (Å²) in [5, 5.41) is 3.71. The minimum Gasteiger partial charge on any atom is -0.494 e. The summed E-state index contributed by atoms with van der Waals surface area (Å²) in [5.74, 6) is -0.167. The van der Waals surface area contributed by atoms with Crippen LogP contribution in [-0.2, 0) is 20.7 Å². The molecule has 220 valence electrons. The van der Waals surface area contributed by atoms with E-state index in [-0.39, 0.29) is 11.7 Å². The molecular formula is C35H33ClN2O5. The van der Waals surface area contributed by atoms with Crippen molar-refractivity contribution in [1.29, 1.82) is 0 Å². The van der Waals surface area contributed by atoms with E-state index in [2.05, 4.69) is 11.9 Å². The number of rotatable bonds is 14. The molecule has 1 N–H and O–H groups in total. The second kappa shape index (κ2) is 15.4. The van der Waals surface area contributed by atoms with Gasteiger partial charge in [-0.05, 0) is 54.5 Å². The van der Waals surface area contributed by atoms with Crippen molar-refractivity contribution in [2.45, 2.75) is 18.9 Å². The molecule has 0 aliphatic rings. The van der Waals surface area contributed by atoms with Crippen LogP contribution in [0.15, 0.2) is 116 Å². The summed E-state index contributed by atoms with van der Waals surface area (Å²) >= 11 is 6.29. The highest BCUT2D eigenvalue weighted by atomic mass is 35.5. The molecule has 4 aromatic carbocycles. The third kappa shape index (κ3) is 8.33. The highest BCUT2D eigenvalue weighted by molar-refractivity contribution is 6.34. The molecule has 0 saturated heterocycles. The predicted octanol–water partition coefficient (Wildman–Crippen LogP) is 6.76. The monoisotopic (exact) mass is 596 g/mol. The highest BCUT2D eigenvalue weighted by Gasteiger charge is 2.23. The summed E-state index contributed by atoms with van der Waals surface area (Å²) < 4.78 is 11.0. The lowest BCUT2D eigenvalue weighted by Crippen LogP contribution is -2.33. The van der Waals surface area contributed by atoms with Gasteiger partial charge in [-0.3, -0.25) is 9.59 Å². The molecule has 4 aromatic rings. The van der Waals surface area contributed by atoms with Gasteiger partial charge in [0.25, 0.3) is 0 Å². The van der Waals surface area contributed by atoms with Crippen molar-refractivity contribution in [3.63, 3.8) is 0 Å². The minimum absolute atomic E-state index is 0.141. The quantitative estimate of drug-likeness (QED) is 0.0750. The maximum absolute atomic E-state index is 13.2. The number of esters is 1. The standard InChI is InChI=1S/C35H33ClN2O5/c1-3-33(39)38(32-17-10-8-15-29(32)36)22-11-23-43-27-20-18-25(19-21-27)24-31(35(41)42-2)37-30-16-9-7-14-28(30)34(40)26-12-5-4-6-13-26/h3-10,12-21,31,37H,1,11,22-24H2,2H3/t31-/m0/s1. The fourth-order valence-corrected chi connectivity index (χ4v) is 4.81. The first-order chi connectivity index (χ1) is 20.9. The second-order valence-electron chi connectivity index (χ2n) is 9.66. The van der Waals surface area contributed by atoms with Crippen LogP contribution in [-0.4, -0.2) is 44.0 Å². The predicted molar refractivity (Wildman–Crippen MR) is 170 cm³/mol. The Hall–Kier alpha value is -4.88. The summed E-state index contributed by atoms with van der Waals surface area (Å²) in [6, 6.07) is 30.0.